The van der Waals surface area contributed by atoms with Crippen LogP contribution in [0.3, 0.4) is 0 Å². The highest BCUT2D eigenvalue weighted by Gasteiger charge is 2.26. The summed E-state index contributed by atoms with van der Waals surface area (Å²) < 4.78 is 11.0. The van der Waals surface area contributed by atoms with Gasteiger partial charge in [-0.3, -0.25) is 14.9 Å². The predicted octanol–water partition coefficient (Wildman–Crippen LogP) is 4.28. The Bertz CT molecular complexity index is 918. The van der Waals surface area contributed by atoms with Crippen molar-refractivity contribution in [1.29, 1.82) is 0 Å². The number of nitro groups is 1. The summed E-state index contributed by atoms with van der Waals surface area (Å²) in [6.45, 7) is 9.89. The summed E-state index contributed by atoms with van der Waals surface area (Å²) in [4.78, 5) is 44.9. The van der Waals surface area contributed by atoms with E-state index in [1.165, 1.54) is 12.3 Å². The molecule has 4 N–H and O–H groups in total. The third kappa shape index (κ3) is 19.3. The molecule has 1 amide bonds. The first kappa shape index (κ1) is 40.1. The van der Waals surface area contributed by atoms with Crippen molar-refractivity contribution in [2.75, 3.05) is 31.3 Å². The molecule has 0 aliphatic heterocycles. The fourth-order valence-electron chi connectivity index (χ4n) is 2.84. The molecule has 1 atom stereocenters. The Morgan fingerprint density at radius 1 is 1.23 bits per heavy atom. The van der Waals surface area contributed by atoms with E-state index >= 15 is 0 Å². The maximum atomic E-state index is 12.1. The van der Waals surface area contributed by atoms with E-state index in [4.69, 9.17) is 14.3 Å². The van der Waals surface area contributed by atoms with Gasteiger partial charge in [-0.25, -0.2) is 9.78 Å². The Labute approximate surface area is 238 Å². The molecule has 0 spiro atoms. The lowest BCUT2D eigenvalue weighted by atomic mass is 10.1. The number of rotatable bonds is 10. The molecule has 1 aliphatic carbocycles. The van der Waals surface area contributed by atoms with Crippen LogP contribution in [0.1, 0.15) is 60.3 Å². The van der Waals surface area contributed by atoms with E-state index in [-0.39, 0.29) is 32.2 Å². The van der Waals surface area contributed by atoms with Crippen LogP contribution in [0.15, 0.2) is 36.1 Å². The minimum atomic E-state index is -0.687. The molecule has 13 heteroatoms. The average molecular weight is 572 g/mol. The monoisotopic (exact) mass is 571 g/mol. The van der Waals surface area contributed by atoms with Gasteiger partial charge in [0.2, 0.25) is 6.41 Å². The number of nitrogens with one attached hydrogen (secondary N) is 2. The van der Waals surface area contributed by atoms with Crippen molar-refractivity contribution in [2.24, 2.45) is 5.73 Å². The SMILES string of the molecule is CC.CC(C)(C)OC(CCC=O)C(=O)OCC1=CCCC=C1.CNc1cc([N+](=O)[O-])cnc1NC.NC=O.S. The highest BCUT2D eigenvalue weighted by atomic mass is 32.1. The number of hydrogen-bond donors (Lipinski definition) is 3. The average Bonchev–Trinajstić information content (AvgIpc) is 2.91. The number of ether oxygens (including phenoxy) is 2. The van der Waals surface area contributed by atoms with Crippen molar-refractivity contribution < 1.29 is 28.8 Å². The Hall–Kier alpha value is -3.45. The van der Waals surface area contributed by atoms with Gasteiger partial charge in [-0.15, -0.1) is 0 Å². The van der Waals surface area contributed by atoms with Gasteiger partial charge in [0, 0.05) is 26.6 Å². The van der Waals surface area contributed by atoms with Gasteiger partial charge in [-0.1, -0.05) is 32.1 Å². The van der Waals surface area contributed by atoms with Gasteiger partial charge in [-0.05, 0) is 45.6 Å². The minimum absolute atomic E-state index is 0. The highest BCUT2D eigenvalue weighted by Crippen LogP contribution is 2.22. The van der Waals surface area contributed by atoms with E-state index in [1.54, 1.807) is 14.1 Å². The molecule has 1 unspecified atom stereocenters. The van der Waals surface area contributed by atoms with Crippen LogP contribution < -0.4 is 16.4 Å². The lowest BCUT2D eigenvalue weighted by Crippen LogP contribution is -2.35. The van der Waals surface area contributed by atoms with Gasteiger partial charge in [0.25, 0.3) is 5.69 Å². The smallest absolute Gasteiger partial charge is 0.335 e. The Balaban J connectivity index is -0.000000589. The summed E-state index contributed by atoms with van der Waals surface area (Å²) in [5.74, 6) is 0.190. The second kappa shape index (κ2) is 23.7. The van der Waals surface area contributed by atoms with Crippen molar-refractivity contribution in [2.45, 2.75) is 72.0 Å². The van der Waals surface area contributed by atoms with E-state index in [1.807, 2.05) is 40.7 Å². The Morgan fingerprint density at radius 3 is 2.28 bits per heavy atom. The first-order valence-electron chi connectivity index (χ1n) is 12.3. The number of nitrogens with two attached hydrogens (primary N) is 1. The van der Waals surface area contributed by atoms with Crippen LogP contribution in [-0.2, 0) is 23.9 Å². The quantitative estimate of drug-likeness (QED) is 0.159. The van der Waals surface area contributed by atoms with Crippen LogP contribution >= 0.6 is 13.5 Å². The third-order valence-electron chi connectivity index (χ3n) is 4.35. The summed E-state index contributed by atoms with van der Waals surface area (Å²) in [5, 5.41) is 16.0. The molecule has 0 saturated heterocycles. The number of pyridine rings is 1. The van der Waals surface area contributed by atoms with Crippen LogP contribution in [0.25, 0.3) is 0 Å². The second-order valence-corrected chi connectivity index (χ2v) is 8.31. The second-order valence-electron chi connectivity index (χ2n) is 8.31. The summed E-state index contributed by atoms with van der Waals surface area (Å²) in [7, 11) is 3.39. The number of nitrogens with zero attached hydrogens (tertiary/aromatic N) is 2. The molecule has 2 rings (SSSR count). The van der Waals surface area contributed by atoms with Crippen molar-refractivity contribution in [1.82, 2.24) is 4.98 Å². The molecular weight excluding hydrogens is 526 g/mol. The zero-order valence-corrected chi connectivity index (χ0v) is 25.0. The number of allylic oxidation sites excluding steroid dienone is 2. The van der Waals surface area contributed by atoms with Crippen molar-refractivity contribution >= 4 is 49.4 Å². The van der Waals surface area contributed by atoms with Crippen LogP contribution in [0.4, 0.5) is 17.2 Å². The maximum Gasteiger partial charge on any atom is 0.335 e. The van der Waals surface area contributed by atoms with Gasteiger partial charge in [-0.2, -0.15) is 13.5 Å². The Morgan fingerprint density at radius 2 is 1.85 bits per heavy atom. The first-order valence-corrected chi connectivity index (χ1v) is 12.3. The molecule has 0 aromatic carbocycles. The third-order valence-corrected chi connectivity index (χ3v) is 4.35. The minimum Gasteiger partial charge on any atom is -0.459 e. The van der Waals surface area contributed by atoms with Crippen molar-refractivity contribution in [3.8, 4) is 0 Å². The number of anilines is 2. The fraction of sp³-hybridized carbons (Fsp3) is 0.538. The van der Waals surface area contributed by atoms with Crippen LogP contribution in [-0.4, -0.2) is 61.0 Å². The van der Waals surface area contributed by atoms with E-state index in [0.717, 1.165) is 24.7 Å². The summed E-state index contributed by atoms with van der Waals surface area (Å²) in [5.41, 5.74) is 5.31. The van der Waals surface area contributed by atoms with E-state index in [2.05, 4.69) is 33.5 Å². The molecule has 0 radical (unpaired) electrons. The molecule has 1 aromatic heterocycles. The molecule has 0 saturated carbocycles. The molecular formula is C26H45N5O7S. The van der Waals surface area contributed by atoms with Crippen molar-refractivity contribution in [3.05, 3.63) is 46.2 Å². The lowest BCUT2D eigenvalue weighted by Gasteiger charge is -2.26. The number of esters is 1. The summed E-state index contributed by atoms with van der Waals surface area (Å²) in [6.07, 6.45) is 10.3. The number of aromatic nitrogens is 1. The zero-order chi connectivity index (χ0) is 29.6. The fourth-order valence-corrected chi connectivity index (χ4v) is 2.84. The molecule has 0 fully saturated rings. The molecule has 1 heterocycles. The molecule has 1 aliphatic rings. The summed E-state index contributed by atoms with van der Waals surface area (Å²) in [6, 6.07) is 1.43. The first-order chi connectivity index (χ1) is 18.0. The summed E-state index contributed by atoms with van der Waals surface area (Å²) >= 11 is 0. The van der Waals surface area contributed by atoms with Gasteiger partial charge in [0.1, 0.15) is 24.9 Å². The number of amides is 1. The zero-order valence-electron chi connectivity index (χ0n) is 24.0. The van der Waals surface area contributed by atoms with Gasteiger partial charge >= 0.3 is 5.97 Å². The van der Waals surface area contributed by atoms with Gasteiger partial charge in [0.05, 0.1) is 16.2 Å². The molecule has 12 nitrogen and oxygen atoms in total. The molecule has 1 aromatic rings. The predicted molar refractivity (Wildman–Crippen MR) is 159 cm³/mol. The number of carbonyl (C=O) groups excluding carboxylic acids is 3. The van der Waals surface area contributed by atoms with Crippen LogP contribution in [0, 0.1) is 10.1 Å². The molecule has 222 valence electrons. The number of carbonyl (C=O) groups is 3. The van der Waals surface area contributed by atoms with Gasteiger partial charge < -0.3 is 30.6 Å². The van der Waals surface area contributed by atoms with E-state index < -0.39 is 22.6 Å². The highest BCUT2D eigenvalue weighted by molar-refractivity contribution is 7.59. The standard InChI is InChI=1S/C16H24O4.C7H10N4O2.C2H6.CH3NO.H2S/c1-16(2,3)20-14(10-7-11-17)15(18)19-12-13-8-5-4-6-9-13;1-8-6-3-5(11(12)13)4-10-7(6)9-2;1-2;2-1-3;/h5,8-9,11,14H,4,6-7,10,12H2,1-3H3;3-4,8H,1-2H3,(H,9,10);1-2H3;1H,(H2,2,3);1H2. The Kier molecular flexibility index (Phi) is 24.3. The normalized spacial score (nSPS) is 12.0. The number of aldehydes is 1. The van der Waals surface area contributed by atoms with Gasteiger partial charge in [0.15, 0.2) is 6.10 Å². The van der Waals surface area contributed by atoms with E-state index in [0.29, 0.717) is 24.3 Å². The van der Waals surface area contributed by atoms with Crippen LogP contribution in [0.5, 0.6) is 0 Å². The number of hydrogen-bond acceptors (Lipinski definition) is 10. The largest absolute Gasteiger partial charge is 0.459 e. The number of primary amides is 1. The molecule has 0 bridgehead atoms. The van der Waals surface area contributed by atoms with Crippen LogP contribution in [0.2, 0.25) is 0 Å². The lowest BCUT2D eigenvalue weighted by molar-refractivity contribution is -0.385. The molecule has 39 heavy (non-hydrogen) atoms. The topological polar surface area (TPSA) is 176 Å². The maximum absolute atomic E-state index is 12.1. The van der Waals surface area contributed by atoms with Crippen molar-refractivity contribution in [3.63, 3.8) is 0 Å². The van der Waals surface area contributed by atoms with E-state index in [9.17, 15) is 19.7 Å².